The molecule has 0 saturated heterocycles. The monoisotopic (exact) mass is 649 g/mol. The first kappa shape index (κ1) is 39.9. The molecule has 10 N–H and O–H groups in total. The van der Waals surface area contributed by atoms with Crippen molar-refractivity contribution in [1.29, 1.82) is 0 Å². The maximum Gasteiger partial charge on any atom is 0.258 e. The van der Waals surface area contributed by atoms with Crippen molar-refractivity contribution in [1.82, 2.24) is 26.6 Å². The van der Waals surface area contributed by atoms with Gasteiger partial charge in [0.05, 0.1) is 34.3 Å². The molecule has 0 aliphatic carbocycles. The molecule has 15 nitrogen and oxygen atoms in total. The Balaban J connectivity index is 3.04. The number of nitrogens with two attached hydrogens (primary N) is 2. The van der Waals surface area contributed by atoms with E-state index in [4.69, 9.17) is 11.5 Å². The standard InChI is InChI=1S/C31H52N8O7/c1-19(2)16-23(29(44)35-22(14-10-11-15-39(4,5)6)28(43)37-25(18-40)27(33)42)36-31(46)26(32)38-30(45)24(34-20(3)41)17-21-12-8-7-9-13-21/h7-9,12-13,19,22-26,40H,10-11,14-18,32H2,1-6H3,(H6-,33,34,35,36,37,38,41,42,43,44,45,46)/p+1/t22-,23-,24-,25-,26+/m0/s1. The van der Waals surface area contributed by atoms with Crippen LogP contribution >= 0.6 is 0 Å². The van der Waals surface area contributed by atoms with Crippen LogP contribution in [0.2, 0.25) is 0 Å². The molecule has 0 aliphatic rings. The molecule has 0 spiro atoms. The number of carbonyl (C=O) groups excluding carboxylic acids is 6. The van der Waals surface area contributed by atoms with Crippen LogP contribution in [-0.4, -0.2) is 110 Å². The number of hydrogen-bond donors (Lipinski definition) is 8. The second kappa shape index (κ2) is 19.4. The summed E-state index contributed by atoms with van der Waals surface area (Å²) in [6, 6.07) is 4.41. The number of rotatable bonds is 20. The Morgan fingerprint density at radius 2 is 1.30 bits per heavy atom. The lowest BCUT2D eigenvalue weighted by atomic mass is 10.0. The van der Waals surface area contributed by atoms with E-state index in [2.05, 4.69) is 26.6 Å². The topological polar surface area (TPSA) is 235 Å². The van der Waals surface area contributed by atoms with Gasteiger partial charge in [0.15, 0.2) is 6.17 Å². The molecule has 0 heterocycles. The molecule has 1 aromatic rings. The summed E-state index contributed by atoms with van der Waals surface area (Å²) in [5, 5.41) is 22.0. The molecule has 0 aliphatic heterocycles. The van der Waals surface area contributed by atoms with Gasteiger partial charge in [-0.25, -0.2) is 0 Å². The molecule has 1 aromatic carbocycles. The maximum absolute atomic E-state index is 13.5. The molecular weight excluding hydrogens is 596 g/mol. The highest BCUT2D eigenvalue weighted by molar-refractivity contribution is 5.96. The van der Waals surface area contributed by atoms with Crippen molar-refractivity contribution in [3.63, 3.8) is 0 Å². The molecule has 0 radical (unpaired) electrons. The van der Waals surface area contributed by atoms with Gasteiger partial charge in [0.25, 0.3) is 5.91 Å². The fraction of sp³-hybridized carbons (Fsp3) is 0.613. The van der Waals surface area contributed by atoms with Crippen LogP contribution in [-0.2, 0) is 35.2 Å². The van der Waals surface area contributed by atoms with Crippen LogP contribution in [0.15, 0.2) is 30.3 Å². The number of unbranched alkanes of at least 4 members (excludes halogenated alkanes) is 1. The van der Waals surface area contributed by atoms with Crippen molar-refractivity contribution in [3.05, 3.63) is 35.9 Å². The molecule has 0 fully saturated rings. The van der Waals surface area contributed by atoms with Gasteiger partial charge in [-0.05, 0) is 37.2 Å². The molecular formula is C31H53N8O7+. The van der Waals surface area contributed by atoms with Gasteiger partial charge in [-0.2, -0.15) is 0 Å². The zero-order valence-electron chi connectivity index (χ0n) is 27.8. The average molecular weight is 650 g/mol. The van der Waals surface area contributed by atoms with E-state index in [1.54, 1.807) is 24.3 Å². The van der Waals surface area contributed by atoms with E-state index in [-0.39, 0.29) is 25.2 Å². The number of hydrogen-bond acceptors (Lipinski definition) is 8. The molecule has 46 heavy (non-hydrogen) atoms. The Morgan fingerprint density at radius 3 is 1.83 bits per heavy atom. The number of aliphatic hydroxyl groups excluding tert-OH is 1. The molecule has 5 atom stereocenters. The smallest absolute Gasteiger partial charge is 0.258 e. The summed E-state index contributed by atoms with van der Waals surface area (Å²) in [7, 11) is 6.08. The molecule has 0 bridgehead atoms. The molecule has 1 rings (SSSR count). The van der Waals surface area contributed by atoms with Crippen LogP contribution in [0, 0.1) is 5.92 Å². The minimum Gasteiger partial charge on any atom is -0.394 e. The largest absolute Gasteiger partial charge is 0.394 e. The Morgan fingerprint density at radius 1 is 0.761 bits per heavy atom. The van der Waals surface area contributed by atoms with E-state index in [0.29, 0.717) is 10.9 Å². The SMILES string of the molecule is CC(=O)N[C@@H](Cc1ccccc1)C(=O)N[C@@H](N)C(=O)N[C@@H](CC(C)C)C(=O)N[C@@H](CCCC[N+](C)(C)C)C(=O)N[C@@H](CO)C(N)=O. The van der Waals surface area contributed by atoms with E-state index < -0.39 is 72.4 Å². The number of quaternary nitrogens is 1. The predicted octanol–water partition coefficient (Wildman–Crippen LogP) is -2.01. The van der Waals surface area contributed by atoms with E-state index in [0.717, 1.165) is 18.5 Å². The minimum atomic E-state index is -1.56. The Hall–Kier alpha value is -4.08. The first-order valence-corrected chi connectivity index (χ1v) is 15.4. The van der Waals surface area contributed by atoms with Crippen molar-refractivity contribution < 1.29 is 38.4 Å². The second-order valence-electron chi connectivity index (χ2n) is 12.8. The van der Waals surface area contributed by atoms with Crippen LogP contribution < -0.4 is 38.1 Å². The minimum absolute atomic E-state index is 0.0673. The number of nitrogens with zero attached hydrogens (tertiary/aromatic N) is 1. The Labute approximate surface area is 271 Å². The normalized spacial score (nSPS) is 14.6. The van der Waals surface area contributed by atoms with Gasteiger partial charge >= 0.3 is 0 Å². The highest BCUT2D eigenvalue weighted by atomic mass is 16.3. The van der Waals surface area contributed by atoms with E-state index in [9.17, 15) is 33.9 Å². The van der Waals surface area contributed by atoms with E-state index >= 15 is 0 Å². The highest BCUT2D eigenvalue weighted by Crippen LogP contribution is 2.10. The summed E-state index contributed by atoms with van der Waals surface area (Å²) in [5.74, 6) is -4.37. The van der Waals surface area contributed by atoms with Gasteiger partial charge < -0.3 is 47.6 Å². The van der Waals surface area contributed by atoms with Gasteiger partial charge in [0, 0.05) is 13.3 Å². The van der Waals surface area contributed by atoms with Gasteiger partial charge in [-0.1, -0.05) is 44.2 Å². The van der Waals surface area contributed by atoms with Gasteiger partial charge in [0.1, 0.15) is 24.2 Å². The summed E-state index contributed by atoms with van der Waals surface area (Å²) < 4.78 is 0.703. The van der Waals surface area contributed by atoms with Crippen LogP contribution in [0.1, 0.15) is 52.0 Å². The van der Waals surface area contributed by atoms with Crippen molar-refractivity contribution >= 4 is 35.4 Å². The lowest BCUT2D eigenvalue weighted by Crippen LogP contribution is -2.61. The Kier molecular flexibility index (Phi) is 16.9. The molecule has 0 saturated carbocycles. The summed E-state index contributed by atoms with van der Waals surface area (Å²) in [5.41, 5.74) is 12.0. The number of carbonyl (C=O) groups is 6. The number of aliphatic hydroxyl groups is 1. The van der Waals surface area contributed by atoms with Crippen LogP contribution in [0.25, 0.3) is 0 Å². The zero-order chi connectivity index (χ0) is 35.0. The van der Waals surface area contributed by atoms with Crippen molar-refractivity contribution in [2.75, 3.05) is 34.3 Å². The van der Waals surface area contributed by atoms with Crippen LogP contribution in [0.5, 0.6) is 0 Å². The third kappa shape index (κ3) is 15.8. The number of benzene rings is 1. The second-order valence-corrected chi connectivity index (χ2v) is 12.8. The lowest BCUT2D eigenvalue weighted by molar-refractivity contribution is -0.870. The molecule has 0 aromatic heterocycles. The van der Waals surface area contributed by atoms with Gasteiger partial charge in [-0.15, -0.1) is 0 Å². The molecule has 258 valence electrons. The van der Waals surface area contributed by atoms with Crippen LogP contribution in [0.4, 0.5) is 0 Å². The predicted molar refractivity (Wildman–Crippen MR) is 172 cm³/mol. The quantitative estimate of drug-likeness (QED) is 0.0445. The van der Waals surface area contributed by atoms with Crippen molar-refractivity contribution in [2.45, 2.75) is 83.2 Å². The first-order valence-electron chi connectivity index (χ1n) is 15.4. The number of primary amides is 1. The molecule has 6 amide bonds. The van der Waals surface area contributed by atoms with E-state index in [1.807, 2.05) is 41.1 Å². The number of nitrogens with one attached hydrogen (secondary N) is 5. The summed E-state index contributed by atoms with van der Waals surface area (Å²) in [4.78, 5) is 76.0. The summed E-state index contributed by atoms with van der Waals surface area (Å²) >= 11 is 0. The third-order valence-corrected chi connectivity index (χ3v) is 6.94. The molecule has 0 unspecified atom stereocenters. The average Bonchev–Trinajstić information content (AvgIpc) is 2.95. The van der Waals surface area contributed by atoms with Crippen molar-refractivity contribution in [3.8, 4) is 0 Å². The van der Waals surface area contributed by atoms with Crippen molar-refractivity contribution in [2.24, 2.45) is 17.4 Å². The fourth-order valence-corrected chi connectivity index (χ4v) is 4.54. The number of amides is 6. The van der Waals surface area contributed by atoms with E-state index in [1.165, 1.54) is 6.92 Å². The van der Waals surface area contributed by atoms with Crippen LogP contribution in [0.3, 0.4) is 0 Å². The first-order chi connectivity index (χ1) is 21.4. The zero-order valence-corrected chi connectivity index (χ0v) is 27.8. The Bertz CT molecular complexity index is 1170. The molecule has 15 heteroatoms. The third-order valence-electron chi connectivity index (χ3n) is 6.94. The summed E-state index contributed by atoms with van der Waals surface area (Å²) in [6.45, 7) is 5.04. The lowest BCUT2D eigenvalue weighted by Gasteiger charge is -2.27. The maximum atomic E-state index is 13.5. The highest BCUT2D eigenvalue weighted by Gasteiger charge is 2.31. The van der Waals surface area contributed by atoms with Gasteiger partial charge in [0.2, 0.25) is 29.5 Å². The van der Waals surface area contributed by atoms with Gasteiger partial charge in [-0.3, -0.25) is 28.8 Å². The fourth-order valence-electron chi connectivity index (χ4n) is 4.54. The summed E-state index contributed by atoms with van der Waals surface area (Å²) in [6.07, 6.45) is 0.301.